The highest BCUT2D eigenvalue weighted by Crippen LogP contribution is 2.21. The predicted molar refractivity (Wildman–Crippen MR) is 73.8 cm³/mol. The summed E-state index contributed by atoms with van der Waals surface area (Å²) in [6.07, 6.45) is -2.40. The molecule has 1 fully saturated rings. The molecule has 1 aromatic carbocycles. The molecule has 1 saturated heterocycles. The maximum absolute atomic E-state index is 9.88. The zero-order valence-corrected chi connectivity index (χ0v) is 11.7. The van der Waals surface area contributed by atoms with E-state index in [4.69, 9.17) is 10.00 Å². The molecule has 1 aliphatic heterocycles. The zero-order chi connectivity index (χ0) is 14.7. The van der Waals surface area contributed by atoms with Crippen LogP contribution in [0.5, 0.6) is 0 Å². The Balaban J connectivity index is 1.93. The van der Waals surface area contributed by atoms with Crippen molar-refractivity contribution in [3.63, 3.8) is 0 Å². The summed E-state index contributed by atoms with van der Waals surface area (Å²) in [4.78, 5) is 2.01. The Hall–Kier alpha value is -1.45. The molecule has 0 amide bonds. The van der Waals surface area contributed by atoms with Gasteiger partial charge in [-0.2, -0.15) is 5.26 Å². The average Bonchev–Trinajstić information content (AvgIpc) is 2.66. The van der Waals surface area contributed by atoms with Crippen LogP contribution in [0.2, 0.25) is 0 Å². The van der Waals surface area contributed by atoms with E-state index in [1.807, 2.05) is 30.1 Å². The number of likely N-dealkylation sites (N-methyl/N-ethyl adjacent to an activating group) is 1. The Labute approximate surface area is 119 Å². The van der Waals surface area contributed by atoms with Crippen LogP contribution in [-0.2, 0) is 11.3 Å². The predicted octanol–water partition coefficient (Wildman–Crippen LogP) is 0.499. The van der Waals surface area contributed by atoms with Crippen LogP contribution in [-0.4, -0.2) is 53.1 Å². The van der Waals surface area contributed by atoms with Gasteiger partial charge in [0.05, 0.1) is 23.8 Å². The van der Waals surface area contributed by atoms with E-state index in [0.29, 0.717) is 18.7 Å². The lowest BCUT2D eigenvalue weighted by molar-refractivity contribution is -0.00253. The summed E-state index contributed by atoms with van der Waals surface area (Å²) in [5.74, 6) is 0. The van der Waals surface area contributed by atoms with Gasteiger partial charge in [0.1, 0.15) is 12.2 Å². The van der Waals surface area contributed by atoms with Crippen LogP contribution in [0.3, 0.4) is 0 Å². The maximum atomic E-state index is 9.88. The Morgan fingerprint density at radius 1 is 1.35 bits per heavy atom. The number of benzene rings is 1. The van der Waals surface area contributed by atoms with Crippen LogP contribution in [0.1, 0.15) is 18.1 Å². The third kappa shape index (κ3) is 3.35. The molecule has 0 radical (unpaired) electrons. The summed E-state index contributed by atoms with van der Waals surface area (Å²) in [6, 6.07) is 9.55. The Morgan fingerprint density at radius 3 is 2.70 bits per heavy atom. The van der Waals surface area contributed by atoms with Crippen molar-refractivity contribution in [2.45, 2.75) is 37.9 Å². The number of rotatable bonds is 4. The second-order valence-corrected chi connectivity index (χ2v) is 5.37. The van der Waals surface area contributed by atoms with Crippen molar-refractivity contribution in [2.75, 3.05) is 13.6 Å². The fraction of sp³-hybridized carbons (Fsp3) is 0.533. The molecule has 5 nitrogen and oxygen atoms in total. The van der Waals surface area contributed by atoms with Crippen molar-refractivity contribution in [2.24, 2.45) is 0 Å². The number of aliphatic hydroxyl groups excluding tert-OH is 2. The van der Waals surface area contributed by atoms with Gasteiger partial charge < -0.3 is 14.9 Å². The SMILES string of the molecule is C[C@@H]1O[C@H](CN(C)Cc2cccc(C#N)c2)[C@H](O)C1O. The van der Waals surface area contributed by atoms with Gasteiger partial charge >= 0.3 is 0 Å². The van der Waals surface area contributed by atoms with Gasteiger partial charge in [0.25, 0.3) is 0 Å². The van der Waals surface area contributed by atoms with Crippen molar-refractivity contribution in [1.29, 1.82) is 5.26 Å². The standard InChI is InChI=1S/C15H20N2O3/c1-10-14(18)15(19)13(20-10)9-17(2)8-12-5-3-4-11(6-12)7-16/h3-6,10,13-15,18-19H,8-9H2,1-2H3/t10-,13+,14?,15-/m0/s1. The van der Waals surface area contributed by atoms with Crippen molar-refractivity contribution < 1.29 is 14.9 Å². The fourth-order valence-corrected chi connectivity index (χ4v) is 2.51. The lowest BCUT2D eigenvalue weighted by atomic mass is 10.1. The lowest BCUT2D eigenvalue weighted by Crippen LogP contribution is -2.38. The van der Waals surface area contributed by atoms with Crippen LogP contribution in [0, 0.1) is 11.3 Å². The molecular formula is C15H20N2O3. The minimum atomic E-state index is -0.849. The molecule has 1 heterocycles. The zero-order valence-electron chi connectivity index (χ0n) is 11.7. The smallest absolute Gasteiger partial charge is 0.110 e. The first-order chi connectivity index (χ1) is 9.51. The van der Waals surface area contributed by atoms with E-state index in [1.54, 1.807) is 13.0 Å². The van der Waals surface area contributed by atoms with Gasteiger partial charge in [0.2, 0.25) is 0 Å². The van der Waals surface area contributed by atoms with Crippen LogP contribution in [0.25, 0.3) is 0 Å². The molecule has 0 aliphatic carbocycles. The number of nitriles is 1. The molecule has 0 bridgehead atoms. The van der Waals surface area contributed by atoms with E-state index in [9.17, 15) is 10.2 Å². The molecule has 0 spiro atoms. The second-order valence-electron chi connectivity index (χ2n) is 5.37. The summed E-state index contributed by atoms with van der Waals surface area (Å²) in [5, 5.41) is 28.4. The van der Waals surface area contributed by atoms with Crippen LogP contribution in [0.4, 0.5) is 0 Å². The molecule has 108 valence electrons. The average molecular weight is 276 g/mol. The fourth-order valence-electron chi connectivity index (χ4n) is 2.51. The molecule has 1 aliphatic rings. The molecule has 0 aromatic heterocycles. The van der Waals surface area contributed by atoms with Crippen LogP contribution in [0.15, 0.2) is 24.3 Å². The van der Waals surface area contributed by atoms with Gasteiger partial charge in [-0.15, -0.1) is 0 Å². The van der Waals surface area contributed by atoms with Crippen molar-refractivity contribution in [3.8, 4) is 6.07 Å². The van der Waals surface area contributed by atoms with E-state index >= 15 is 0 Å². The van der Waals surface area contributed by atoms with E-state index in [0.717, 1.165) is 5.56 Å². The first-order valence-corrected chi connectivity index (χ1v) is 6.70. The normalized spacial score (nSPS) is 29.6. The first kappa shape index (κ1) is 14.9. The molecule has 4 atom stereocenters. The van der Waals surface area contributed by atoms with E-state index < -0.39 is 12.2 Å². The topological polar surface area (TPSA) is 76.7 Å². The van der Waals surface area contributed by atoms with E-state index in [2.05, 4.69) is 6.07 Å². The van der Waals surface area contributed by atoms with E-state index in [-0.39, 0.29) is 12.2 Å². The third-order valence-electron chi connectivity index (χ3n) is 3.60. The molecule has 2 N–H and O–H groups in total. The van der Waals surface area contributed by atoms with Gasteiger partial charge in [0.15, 0.2) is 0 Å². The number of hydrogen-bond donors (Lipinski definition) is 2. The number of nitrogens with zero attached hydrogens (tertiary/aromatic N) is 2. The second kappa shape index (κ2) is 6.33. The van der Waals surface area contributed by atoms with Gasteiger partial charge in [0, 0.05) is 13.1 Å². The number of hydrogen-bond acceptors (Lipinski definition) is 5. The highest BCUT2D eigenvalue weighted by atomic mass is 16.5. The van der Waals surface area contributed by atoms with Crippen molar-refractivity contribution in [3.05, 3.63) is 35.4 Å². The Kier molecular flexibility index (Phi) is 4.73. The number of aliphatic hydroxyl groups is 2. The largest absolute Gasteiger partial charge is 0.388 e. The number of ether oxygens (including phenoxy) is 1. The third-order valence-corrected chi connectivity index (χ3v) is 3.60. The highest BCUT2D eigenvalue weighted by molar-refractivity contribution is 5.32. The van der Waals surface area contributed by atoms with Crippen LogP contribution < -0.4 is 0 Å². The molecular weight excluding hydrogens is 256 g/mol. The summed E-state index contributed by atoms with van der Waals surface area (Å²) in [7, 11) is 1.92. The highest BCUT2D eigenvalue weighted by Gasteiger charge is 2.40. The molecule has 20 heavy (non-hydrogen) atoms. The molecule has 0 saturated carbocycles. The Bertz CT molecular complexity index is 500. The van der Waals surface area contributed by atoms with Gasteiger partial charge in [-0.3, -0.25) is 4.90 Å². The summed E-state index contributed by atoms with van der Waals surface area (Å²) >= 11 is 0. The quantitative estimate of drug-likeness (QED) is 0.837. The minimum absolute atomic E-state index is 0.342. The molecule has 1 aromatic rings. The van der Waals surface area contributed by atoms with E-state index in [1.165, 1.54) is 0 Å². The first-order valence-electron chi connectivity index (χ1n) is 6.70. The lowest BCUT2D eigenvalue weighted by Gasteiger charge is -2.22. The van der Waals surface area contributed by atoms with Gasteiger partial charge in [-0.05, 0) is 31.7 Å². The van der Waals surface area contributed by atoms with Gasteiger partial charge in [-0.25, -0.2) is 0 Å². The molecule has 2 rings (SSSR count). The maximum Gasteiger partial charge on any atom is 0.110 e. The minimum Gasteiger partial charge on any atom is -0.388 e. The summed E-state index contributed by atoms with van der Waals surface area (Å²) < 4.78 is 5.55. The van der Waals surface area contributed by atoms with Gasteiger partial charge in [-0.1, -0.05) is 12.1 Å². The van der Waals surface area contributed by atoms with Crippen molar-refractivity contribution >= 4 is 0 Å². The molecule has 1 unspecified atom stereocenters. The Morgan fingerprint density at radius 2 is 2.10 bits per heavy atom. The molecule has 5 heteroatoms. The van der Waals surface area contributed by atoms with Crippen LogP contribution >= 0.6 is 0 Å². The summed E-state index contributed by atoms with van der Waals surface area (Å²) in [6.45, 7) is 2.94. The van der Waals surface area contributed by atoms with Crippen molar-refractivity contribution in [1.82, 2.24) is 4.90 Å². The monoisotopic (exact) mass is 276 g/mol. The summed E-state index contributed by atoms with van der Waals surface area (Å²) in [5.41, 5.74) is 1.67.